The summed E-state index contributed by atoms with van der Waals surface area (Å²) in [6.07, 6.45) is 0.919. The number of hydrogen-bond acceptors (Lipinski definition) is 6. The van der Waals surface area contributed by atoms with Crippen LogP contribution < -0.4 is 10.2 Å². The molecule has 0 unspecified atom stereocenters. The highest BCUT2D eigenvalue weighted by molar-refractivity contribution is 8.02. The zero-order valence-electron chi connectivity index (χ0n) is 15.2. The number of nitrogens with one attached hydrogen (secondary N) is 1. The minimum atomic E-state index is -0.213. The van der Waals surface area contributed by atoms with Gasteiger partial charge < -0.3 is 10.2 Å². The first-order valence-electron chi connectivity index (χ1n) is 8.84. The van der Waals surface area contributed by atoms with E-state index in [4.69, 9.17) is 0 Å². The molecule has 2 aromatic carbocycles. The topological polar surface area (TPSA) is 58.1 Å². The third-order valence-electron chi connectivity index (χ3n) is 4.57. The molecule has 0 saturated carbocycles. The van der Waals surface area contributed by atoms with Gasteiger partial charge in [-0.15, -0.1) is 10.2 Å². The lowest BCUT2D eigenvalue weighted by atomic mass is 10.2. The SMILES string of the molecule is Cc1ccccc1Nc1nnc(S[C@H](C)C(=O)N2CCc3ccccc32)s1. The number of aryl methyl sites for hydroxylation is 1. The Bertz CT molecular complexity index is 972. The van der Waals surface area contributed by atoms with E-state index >= 15 is 0 Å². The summed E-state index contributed by atoms with van der Waals surface area (Å²) >= 11 is 2.93. The Morgan fingerprint density at radius 2 is 1.96 bits per heavy atom. The molecule has 1 aliphatic rings. The van der Waals surface area contributed by atoms with E-state index in [-0.39, 0.29) is 11.2 Å². The Morgan fingerprint density at radius 3 is 2.81 bits per heavy atom. The molecule has 1 aliphatic heterocycles. The largest absolute Gasteiger partial charge is 0.330 e. The van der Waals surface area contributed by atoms with Gasteiger partial charge in [0.05, 0.1) is 5.25 Å². The molecule has 0 radical (unpaired) electrons. The molecule has 1 aromatic heterocycles. The molecule has 0 saturated heterocycles. The van der Waals surface area contributed by atoms with Gasteiger partial charge >= 0.3 is 0 Å². The number of rotatable bonds is 5. The molecule has 0 aliphatic carbocycles. The van der Waals surface area contributed by atoms with Crippen molar-refractivity contribution in [2.24, 2.45) is 0 Å². The predicted molar refractivity (Wildman–Crippen MR) is 112 cm³/mol. The van der Waals surface area contributed by atoms with Crippen LogP contribution in [-0.2, 0) is 11.2 Å². The number of anilines is 3. The fraction of sp³-hybridized carbons (Fsp3) is 0.250. The summed E-state index contributed by atoms with van der Waals surface area (Å²) in [7, 11) is 0. The van der Waals surface area contributed by atoms with Crippen molar-refractivity contribution < 1.29 is 4.79 Å². The van der Waals surface area contributed by atoms with Gasteiger partial charge in [0.25, 0.3) is 0 Å². The summed E-state index contributed by atoms with van der Waals surface area (Å²) in [5.41, 5.74) is 4.44. The summed E-state index contributed by atoms with van der Waals surface area (Å²) in [5, 5.41) is 12.3. The van der Waals surface area contributed by atoms with Crippen molar-refractivity contribution in [3.8, 4) is 0 Å². The maximum Gasteiger partial charge on any atom is 0.240 e. The molecule has 4 rings (SSSR count). The Hall–Kier alpha value is -2.38. The molecule has 138 valence electrons. The Morgan fingerprint density at radius 1 is 1.19 bits per heavy atom. The summed E-state index contributed by atoms with van der Waals surface area (Å²) in [6, 6.07) is 16.2. The van der Waals surface area contributed by atoms with Gasteiger partial charge in [-0.1, -0.05) is 59.5 Å². The van der Waals surface area contributed by atoms with Crippen molar-refractivity contribution in [2.75, 3.05) is 16.8 Å². The van der Waals surface area contributed by atoms with Crippen LogP contribution in [-0.4, -0.2) is 27.9 Å². The first kappa shape index (κ1) is 18.0. The van der Waals surface area contributed by atoms with Gasteiger partial charge in [-0.3, -0.25) is 4.79 Å². The molecule has 2 heterocycles. The van der Waals surface area contributed by atoms with E-state index in [1.165, 1.54) is 28.7 Å². The van der Waals surface area contributed by atoms with E-state index in [9.17, 15) is 4.79 Å². The number of fused-ring (bicyclic) bond motifs is 1. The van der Waals surface area contributed by atoms with Crippen LogP contribution in [0.5, 0.6) is 0 Å². The predicted octanol–water partition coefficient (Wildman–Crippen LogP) is 4.66. The second-order valence-corrected chi connectivity index (χ2v) is 9.01. The molecule has 0 fully saturated rings. The first-order valence-corrected chi connectivity index (χ1v) is 10.5. The number of hydrogen-bond donors (Lipinski definition) is 1. The third kappa shape index (κ3) is 3.84. The van der Waals surface area contributed by atoms with Gasteiger partial charge in [0.15, 0.2) is 4.34 Å². The molecule has 1 atom stereocenters. The second-order valence-electron chi connectivity index (χ2n) is 6.44. The Kier molecular flexibility index (Phi) is 5.13. The van der Waals surface area contributed by atoms with Gasteiger partial charge in [0, 0.05) is 17.9 Å². The zero-order valence-corrected chi connectivity index (χ0v) is 16.8. The number of thioether (sulfide) groups is 1. The third-order valence-corrected chi connectivity index (χ3v) is 6.58. The number of carbonyl (C=O) groups excluding carboxylic acids is 1. The van der Waals surface area contributed by atoms with Crippen LogP contribution in [0.1, 0.15) is 18.1 Å². The molecular formula is C20H20N4OS2. The molecule has 5 nitrogen and oxygen atoms in total. The van der Waals surface area contributed by atoms with Crippen molar-refractivity contribution in [3.63, 3.8) is 0 Å². The average Bonchev–Trinajstić information content (AvgIpc) is 3.30. The Balaban J connectivity index is 1.42. The van der Waals surface area contributed by atoms with E-state index in [1.807, 2.05) is 61.2 Å². The number of nitrogens with zero attached hydrogens (tertiary/aromatic N) is 3. The van der Waals surface area contributed by atoms with Crippen LogP contribution in [0.4, 0.5) is 16.5 Å². The van der Waals surface area contributed by atoms with Crippen LogP contribution in [0.15, 0.2) is 52.9 Å². The normalized spacial score (nSPS) is 14.1. The average molecular weight is 397 g/mol. The molecule has 1 N–H and O–H groups in total. The van der Waals surface area contributed by atoms with Crippen LogP contribution in [0.2, 0.25) is 0 Å². The number of benzene rings is 2. The number of aromatic nitrogens is 2. The minimum absolute atomic E-state index is 0.119. The van der Waals surface area contributed by atoms with E-state index in [0.29, 0.717) is 0 Å². The highest BCUT2D eigenvalue weighted by Crippen LogP contribution is 2.34. The smallest absolute Gasteiger partial charge is 0.240 e. The van der Waals surface area contributed by atoms with Gasteiger partial charge in [-0.2, -0.15) is 0 Å². The van der Waals surface area contributed by atoms with Crippen molar-refractivity contribution in [1.29, 1.82) is 0 Å². The highest BCUT2D eigenvalue weighted by atomic mass is 32.2. The van der Waals surface area contributed by atoms with Gasteiger partial charge in [-0.25, -0.2) is 0 Å². The maximum absolute atomic E-state index is 12.9. The number of para-hydroxylation sites is 2. The fourth-order valence-corrected chi connectivity index (χ4v) is 5.09. The van der Waals surface area contributed by atoms with Crippen LogP contribution in [0, 0.1) is 6.92 Å². The highest BCUT2D eigenvalue weighted by Gasteiger charge is 2.28. The fourth-order valence-electron chi connectivity index (χ4n) is 3.12. The molecule has 1 amide bonds. The van der Waals surface area contributed by atoms with Crippen LogP contribution in [0.25, 0.3) is 0 Å². The molecule has 0 spiro atoms. The quantitative estimate of drug-likeness (QED) is 0.636. The van der Waals surface area contributed by atoms with Crippen molar-refractivity contribution in [3.05, 3.63) is 59.7 Å². The molecule has 3 aromatic rings. The lowest BCUT2D eigenvalue weighted by molar-refractivity contribution is -0.117. The molecule has 7 heteroatoms. The second kappa shape index (κ2) is 7.70. The summed E-state index contributed by atoms with van der Waals surface area (Å²) in [5.74, 6) is 0.119. The summed E-state index contributed by atoms with van der Waals surface area (Å²) in [4.78, 5) is 14.8. The first-order chi connectivity index (χ1) is 13.1. The Labute approximate surface area is 166 Å². The van der Waals surface area contributed by atoms with E-state index in [2.05, 4.69) is 21.6 Å². The number of amides is 1. The summed E-state index contributed by atoms with van der Waals surface area (Å²) < 4.78 is 0.791. The number of carbonyl (C=O) groups is 1. The van der Waals surface area contributed by atoms with E-state index < -0.39 is 0 Å². The van der Waals surface area contributed by atoms with E-state index in [1.54, 1.807) is 0 Å². The lowest BCUT2D eigenvalue weighted by Crippen LogP contribution is -2.35. The van der Waals surface area contributed by atoms with Crippen LogP contribution >= 0.6 is 23.1 Å². The molecular weight excluding hydrogens is 376 g/mol. The molecule has 0 bridgehead atoms. The van der Waals surface area contributed by atoms with E-state index in [0.717, 1.165) is 39.4 Å². The minimum Gasteiger partial charge on any atom is -0.330 e. The standard InChI is InChI=1S/C20H20N4OS2/c1-13-7-3-5-9-16(13)21-19-22-23-20(27-19)26-14(2)18(25)24-12-11-15-8-4-6-10-17(15)24/h3-10,14H,11-12H2,1-2H3,(H,21,22)/t14-/m1/s1. The van der Waals surface area contributed by atoms with Crippen molar-refractivity contribution in [1.82, 2.24) is 10.2 Å². The van der Waals surface area contributed by atoms with Crippen molar-refractivity contribution in [2.45, 2.75) is 29.9 Å². The molecule has 27 heavy (non-hydrogen) atoms. The van der Waals surface area contributed by atoms with Crippen molar-refractivity contribution >= 4 is 45.5 Å². The zero-order chi connectivity index (χ0) is 18.8. The lowest BCUT2D eigenvalue weighted by Gasteiger charge is -2.20. The summed E-state index contributed by atoms with van der Waals surface area (Å²) in [6.45, 7) is 4.73. The van der Waals surface area contributed by atoms with Crippen LogP contribution in [0.3, 0.4) is 0 Å². The van der Waals surface area contributed by atoms with Gasteiger partial charge in [-0.05, 0) is 43.5 Å². The maximum atomic E-state index is 12.9. The van der Waals surface area contributed by atoms with Gasteiger partial charge in [0.2, 0.25) is 11.0 Å². The van der Waals surface area contributed by atoms with Gasteiger partial charge in [0.1, 0.15) is 0 Å². The monoisotopic (exact) mass is 396 g/mol.